The van der Waals surface area contributed by atoms with Crippen LogP contribution >= 0.6 is 0 Å². The number of aromatic nitrogens is 2. The topological polar surface area (TPSA) is 34.9 Å². The van der Waals surface area contributed by atoms with Gasteiger partial charge in [-0.3, -0.25) is 9.48 Å². The smallest absolute Gasteiger partial charge is 0.167 e. The third-order valence-electron chi connectivity index (χ3n) is 2.38. The predicted molar refractivity (Wildman–Crippen MR) is 50.4 cm³/mol. The van der Waals surface area contributed by atoms with Gasteiger partial charge in [-0.15, -0.1) is 0 Å². The maximum Gasteiger partial charge on any atom is 0.167 e. The van der Waals surface area contributed by atoms with Crippen molar-refractivity contribution < 1.29 is 4.79 Å². The fraction of sp³-hybridized carbons (Fsp3) is 0.400. The lowest BCUT2D eigenvalue weighted by atomic mass is 10.0. The summed E-state index contributed by atoms with van der Waals surface area (Å²) in [6, 6.07) is 0. The quantitative estimate of drug-likeness (QED) is 0.602. The number of ketones is 1. The molecule has 0 radical (unpaired) electrons. The van der Waals surface area contributed by atoms with Crippen molar-refractivity contribution in [3.8, 4) is 0 Å². The van der Waals surface area contributed by atoms with E-state index in [4.69, 9.17) is 0 Å². The molecule has 0 aromatic carbocycles. The van der Waals surface area contributed by atoms with Crippen molar-refractivity contribution in [2.45, 2.75) is 13.3 Å². The van der Waals surface area contributed by atoms with Crippen LogP contribution in [0.15, 0.2) is 12.3 Å². The van der Waals surface area contributed by atoms with Crippen LogP contribution in [0.5, 0.6) is 0 Å². The maximum atomic E-state index is 11.6. The largest absolute Gasteiger partial charge is 0.294 e. The van der Waals surface area contributed by atoms with Crippen LogP contribution in [0.2, 0.25) is 0 Å². The molecular weight excluding hydrogens is 164 g/mol. The molecular formula is C10H12N2O. The third-order valence-corrected chi connectivity index (χ3v) is 2.38. The molecule has 0 saturated heterocycles. The van der Waals surface area contributed by atoms with E-state index >= 15 is 0 Å². The summed E-state index contributed by atoms with van der Waals surface area (Å²) in [6.45, 7) is 2.05. The average Bonchev–Trinajstić information content (AvgIpc) is 2.36. The van der Waals surface area contributed by atoms with Crippen molar-refractivity contribution in [1.82, 2.24) is 9.78 Å². The Morgan fingerprint density at radius 2 is 2.38 bits per heavy atom. The van der Waals surface area contributed by atoms with Crippen molar-refractivity contribution in [1.29, 1.82) is 0 Å². The number of nitrogens with zero attached hydrogens (tertiary/aromatic N) is 2. The van der Waals surface area contributed by atoms with Gasteiger partial charge in [0.25, 0.3) is 0 Å². The standard InChI is InChI=1S/C10H12N2O/c1-7-3-4-9-8(10(13)5-7)6-11-12(9)2/h3-4,6-7H,5H2,1-2H3/t7-/m0/s1. The minimum atomic E-state index is 0.195. The highest BCUT2D eigenvalue weighted by Crippen LogP contribution is 2.20. The number of hydrogen-bond donors (Lipinski definition) is 0. The third kappa shape index (κ3) is 1.30. The molecule has 1 aromatic rings. The fourth-order valence-corrected chi connectivity index (χ4v) is 1.59. The van der Waals surface area contributed by atoms with Gasteiger partial charge >= 0.3 is 0 Å². The van der Waals surface area contributed by atoms with E-state index in [1.165, 1.54) is 0 Å². The minimum absolute atomic E-state index is 0.195. The molecule has 0 aliphatic heterocycles. The van der Waals surface area contributed by atoms with Gasteiger partial charge in [0.15, 0.2) is 5.78 Å². The van der Waals surface area contributed by atoms with E-state index < -0.39 is 0 Å². The molecule has 0 fully saturated rings. The zero-order chi connectivity index (χ0) is 9.42. The van der Waals surface area contributed by atoms with E-state index in [-0.39, 0.29) is 5.78 Å². The molecule has 0 unspecified atom stereocenters. The highest BCUT2D eigenvalue weighted by molar-refractivity contribution is 5.99. The molecule has 13 heavy (non-hydrogen) atoms. The molecule has 3 nitrogen and oxygen atoms in total. The molecule has 1 atom stereocenters. The lowest BCUT2D eigenvalue weighted by molar-refractivity contribution is 0.0972. The first-order valence-corrected chi connectivity index (χ1v) is 4.42. The summed E-state index contributed by atoms with van der Waals surface area (Å²) in [4.78, 5) is 11.6. The summed E-state index contributed by atoms with van der Waals surface area (Å²) in [5, 5.41) is 4.06. The summed E-state index contributed by atoms with van der Waals surface area (Å²) in [5.41, 5.74) is 1.68. The van der Waals surface area contributed by atoms with Gasteiger partial charge in [0.05, 0.1) is 17.5 Å². The van der Waals surface area contributed by atoms with E-state index in [0.29, 0.717) is 12.3 Å². The minimum Gasteiger partial charge on any atom is -0.294 e. The van der Waals surface area contributed by atoms with Gasteiger partial charge in [-0.25, -0.2) is 0 Å². The van der Waals surface area contributed by atoms with Crippen LogP contribution in [0.25, 0.3) is 6.08 Å². The number of aryl methyl sites for hydroxylation is 1. The molecule has 1 aliphatic carbocycles. The summed E-state index contributed by atoms with van der Waals surface area (Å²) in [5.74, 6) is 0.528. The van der Waals surface area contributed by atoms with Crippen LogP contribution in [-0.4, -0.2) is 15.6 Å². The fourth-order valence-electron chi connectivity index (χ4n) is 1.59. The SMILES string of the molecule is C[C@H]1C=Cc2c(cnn2C)C(=O)C1. The first-order valence-electron chi connectivity index (χ1n) is 4.42. The molecule has 3 heteroatoms. The molecule has 68 valence electrons. The normalized spacial score (nSPS) is 21.4. The molecule has 0 N–H and O–H groups in total. The van der Waals surface area contributed by atoms with Crippen molar-refractivity contribution in [3.63, 3.8) is 0 Å². The number of Topliss-reactive ketones (excluding diaryl/α,β-unsaturated/α-hetero) is 1. The lowest BCUT2D eigenvalue weighted by Crippen LogP contribution is -2.02. The molecule has 1 heterocycles. The Labute approximate surface area is 77.1 Å². The van der Waals surface area contributed by atoms with E-state index in [2.05, 4.69) is 11.2 Å². The monoisotopic (exact) mass is 176 g/mol. The first-order chi connectivity index (χ1) is 6.18. The number of carbonyl (C=O) groups excluding carboxylic acids is 1. The molecule has 2 rings (SSSR count). The Morgan fingerprint density at radius 3 is 3.15 bits per heavy atom. The Hall–Kier alpha value is -1.38. The second-order valence-electron chi connectivity index (χ2n) is 3.53. The summed E-state index contributed by atoms with van der Waals surface area (Å²) in [7, 11) is 1.85. The van der Waals surface area contributed by atoms with Gasteiger partial charge in [-0.2, -0.15) is 5.10 Å². The molecule has 0 amide bonds. The van der Waals surface area contributed by atoms with Gasteiger partial charge in [0.1, 0.15) is 0 Å². The van der Waals surface area contributed by atoms with Crippen molar-refractivity contribution in [3.05, 3.63) is 23.5 Å². The van der Waals surface area contributed by atoms with Crippen molar-refractivity contribution in [2.24, 2.45) is 13.0 Å². The highest BCUT2D eigenvalue weighted by Gasteiger charge is 2.18. The Balaban J connectivity index is 2.54. The highest BCUT2D eigenvalue weighted by atomic mass is 16.1. The van der Waals surface area contributed by atoms with Crippen LogP contribution < -0.4 is 0 Å². The molecule has 0 spiro atoms. The second-order valence-corrected chi connectivity index (χ2v) is 3.53. The van der Waals surface area contributed by atoms with Gasteiger partial charge in [-0.05, 0) is 12.0 Å². The predicted octanol–water partition coefficient (Wildman–Crippen LogP) is 1.66. The number of fused-ring (bicyclic) bond motifs is 1. The van der Waals surface area contributed by atoms with E-state index in [1.807, 2.05) is 20.0 Å². The Kier molecular flexibility index (Phi) is 1.79. The van der Waals surface area contributed by atoms with Crippen molar-refractivity contribution in [2.75, 3.05) is 0 Å². The molecule has 0 bridgehead atoms. The summed E-state index contributed by atoms with van der Waals surface area (Å²) < 4.78 is 1.74. The first kappa shape index (κ1) is 8.23. The van der Waals surface area contributed by atoms with Crippen molar-refractivity contribution >= 4 is 11.9 Å². The van der Waals surface area contributed by atoms with E-state index in [1.54, 1.807) is 10.9 Å². The molecule has 1 aromatic heterocycles. The number of allylic oxidation sites excluding steroid dienone is 1. The Morgan fingerprint density at radius 1 is 1.62 bits per heavy atom. The van der Waals surface area contributed by atoms with Gasteiger partial charge < -0.3 is 0 Å². The van der Waals surface area contributed by atoms with E-state index in [0.717, 1.165) is 11.3 Å². The Bertz CT molecular complexity index is 376. The summed E-state index contributed by atoms with van der Waals surface area (Å²) in [6.07, 6.45) is 6.29. The summed E-state index contributed by atoms with van der Waals surface area (Å²) >= 11 is 0. The van der Waals surface area contributed by atoms with Crippen LogP contribution in [-0.2, 0) is 7.05 Å². The van der Waals surface area contributed by atoms with Crippen LogP contribution in [0.4, 0.5) is 0 Å². The van der Waals surface area contributed by atoms with Gasteiger partial charge in [0, 0.05) is 13.5 Å². The van der Waals surface area contributed by atoms with Crippen LogP contribution in [0.3, 0.4) is 0 Å². The van der Waals surface area contributed by atoms with Gasteiger partial charge in [-0.1, -0.05) is 13.0 Å². The zero-order valence-electron chi connectivity index (χ0n) is 7.82. The average molecular weight is 176 g/mol. The number of hydrogen-bond acceptors (Lipinski definition) is 2. The molecule has 0 saturated carbocycles. The number of carbonyl (C=O) groups is 1. The maximum absolute atomic E-state index is 11.6. The second kappa shape index (κ2) is 2.83. The van der Waals surface area contributed by atoms with Gasteiger partial charge in [0.2, 0.25) is 0 Å². The van der Waals surface area contributed by atoms with Crippen LogP contribution in [0.1, 0.15) is 29.4 Å². The van der Waals surface area contributed by atoms with Crippen LogP contribution in [0, 0.1) is 5.92 Å². The number of rotatable bonds is 0. The molecule has 1 aliphatic rings. The lowest BCUT2D eigenvalue weighted by Gasteiger charge is -1.99. The van der Waals surface area contributed by atoms with E-state index in [9.17, 15) is 4.79 Å². The zero-order valence-corrected chi connectivity index (χ0v) is 7.82.